The molecule has 0 amide bonds. The van der Waals surface area contributed by atoms with Gasteiger partial charge in [0.15, 0.2) is 5.82 Å². The Morgan fingerprint density at radius 2 is 1.90 bits per heavy atom. The van der Waals surface area contributed by atoms with E-state index in [1.807, 2.05) is 23.7 Å². The second-order valence-corrected chi connectivity index (χ2v) is 9.13. The Kier molecular flexibility index (Phi) is 5.15. The number of para-hydroxylation sites is 1. The van der Waals surface area contributed by atoms with E-state index in [4.69, 9.17) is 0 Å². The van der Waals surface area contributed by atoms with Crippen molar-refractivity contribution >= 4 is 10.9 Å². The summed E-state index contributed by atoms with van der Waals surface area (Å²) in [5.41, 5.74) is 2.70. The van der Waals surface area contributed by atoms with Gasteiger partial charge in [0.1, 0.15) is 6.04 Å². The number of aryl methyl sites for hydroxylation is 1. The van der Waals surface area contributed by atoms with E-state index >= 15 is 0 Å². The number of pyridine rings is 1. The number of aromatic amines is 1. The number of nitrogens with one attached hydrogen (secondary N) is 1. The van der Waals surface area contributed by atoms with Crippen LogP contribution in [0.5, 0.6) is 0 Å². The summed E-state index contributed by atoms with van der Waals surface area (Å²) < 4.78 is 2.01. The van der Waals surface area contributed by atoms with Gasteiger partial charge in [-0.25, -0.2) is 4.68 Å². The van der Waals surface area contributed by atoms with Gasteiger partial charge in [0.05, 0.1) is 11.6 Å². The number of piperidine rings is 1. The average Bonchev–Trinajstić information content (AvgIpc) is 3.43. The Labute approximate surface area is 176 Å². The zero-order chi connectivity index (χ0) is 20.7. The van der Waals surface area contributed by atoms with Gasteiger partial charge in [0, 0.05) is 5.56 Å². The van der Waals surface area contributed by atoms with E-state index in [1.54, 1.807) is 0 Å². The molecule has 1 aromatic carbocycles. The monoisotopic (exact) mass is 406 g/mol. The van der Waals surface area contributed by atoms with Crippen LogP contribution in [-0.4, -0.2) is 43.2 Å². The molecular weight excluding hydrogens is 376 g/mol. The normalized spacial score (nSPS) is 20.2. The number of H-pyrrole nitrogens is 1. The molecule has 7 heteroatoms. The topological polar surface area (TPSA) is 79.7 Å². The van der Waals surface area contributed by atoms with Crippen LogP contribution in [0.3, 0.4) is 0 Å². The zero-order valence-electron chi connectivity index (χ0n) is 17.8. The summed E-state index contributed by atoms with van der Waals surface area (Å²) in [5, 5.41) is 14.0. The van der Waals surface area contributed by atoms with E-state index in [1.165, 1.54) is 12.8 Å². The highest BCUT2D eigenvalue weighted by atomic mass is 16.1. The Morgan fingerprint density at radius 3 is 2.67 bits per heavy atom. The molecule has 3 heterocycles. The predicted octanol–water partition coefficient (Wildman–Crippen LogP) is 3.76. The van der Waals surface area contributed by atoms with Crippen molar-refractivity contribution in [1.82, 2.24) is 30.1 Å². The molecule has 1 saturated heterocycles. The highest BCUT2D eigenvalue weighted by molar-refractivity contribution is 5.82. The maximum Gasteiger partial charge on any atom is 0.253 e. The van der Waals surface area contributed by atoms with Gasteiger partial charge in [0.2, 0.25) is 0 Å². The third-order valence-electron chi connectivity index (χ3n) is 7.03. The van der Waals surface area contributed by atoms with Crippen molar-refractivity contribution in [3.63, 3.8) is 0 Å². The first kappa shape index (κ1) is 19.4. The van der Waals surface area contributed by atoms with Crippen LogP contribution in [0.25, 0.3) is 10.9 Å². The minimum absolute atomic E-state index is 0.0404. The average molecular weight is 407 g/mol. The second kappa shape index (κ2) is 7.95. The maximum atomic E-state index is 13.3. The van der Waals surface area contributed by atoms with Gasteiger partial charge in [-0.2, -0.15) is 0 Å². The van der Waals surface area contributed by atoms with E-state index in [0.29, 0.717) is 12.0 Å². The van der Waals surface area contributed by atoms with Gasteiger partial charge in [-0.1, -0.05) is 38.0 Å². The molecule has 1 aliphatic heterocycles. The number of rotatable bonds is 4. The Hall–Kier alpha value is -2.54. The fourth-order valence-corrected chi connectivity index (χ4v) is 5.18. The zero-order valence-corrected chi connectivity index (χ0v) is 17.8. The first-order valence-corrected chi connectivity index (χ1v) is 11.3. The number of nitrogens with zero attached hydrogens (tertiary/aromatic N) is 5. The predicted molar refractivity (Wildman–Crippen MR) is 116 cm³/mol. The summed E-state index contributed by atoms with van der Waals surface area (Å²) in [6.07, 6.45) is 6.90. The third kappa shape index (κ3) is 3.45. The van der Waals surface area contributed by atoms with Crippen molar-refractivity contribution < 1.29 is 0 Å². The maximum absolute atomic E-state index is 13.3. The van der Waals surface area contributed by atoms with E-state index < -0.39 is 0 Å². The van der Waals surface area contributed by atoms with Crippen molar-refractivity contribution in [3.05, 3.63) is 51.6 Å². The summed E-state index contributed by atoms with van der Waals surface area (Å²) >= 11 is 0. The molecule has 3 aromatic rings. The fourth-order valence-electron chi connectivity index (χ4n) is 5.18. The Morgan fingerprint density at radius 1 is 1.13 bits per heavy atom. The quantitative estimate of drug-likeness (QED) is 0.714. The molecule has 0 spiro atoms. The molecule has 2 fully saturated rings. The molecule has 2 aliphatic rings. The summed E-state index contributed by atoms with van der Waals surface area (Å²) in [4.78, 5) is 18.9. The van der Waals surface area contributed by atoms with Crippen LogP contribution in [-0.2, 0) is 0 Å². The van der Waals surface area contributed by atoms with E-state index in [2.05, 4.69) is 44.5 Å². The molecular formula is C23H30N6O. The van der Waals surface area contributed by atoms with E-state index in [9.17, 15) is 4.79 Å². The van der Waals surface area contributed by atoms with Crippen LogP contribution in [0.15, 0.2) is 29.1 Å². The molecule has 0 unspecified atom stereocenters. The van der Waals surface area contributed by atoms with Gasteiger partial charge in [0.25, 0.3) is 5.56 Å². The molecule has 0 radical (unpaired) electrons. The van der Waals surface area contributed by atoms with Crippen LogP contribution in [0, 0.1) is 12.8 Å². The summed E-state index contributed by atoms with van der Waals surface area (Å²) in [5.74, 6) is 1.53. The summed E-state index contributed by atoms with van der Waals surface area (Å²) in [7, 11) is 0. The van der Waals surface area contributed by atoms with Gasteiger partial charge in [-0.3, -0.25) is 9.69 Å². The highest BCUT2D eigenvalue weighted by Gasteiger charge is 2.34. The van der Waals surface area contributed by atoms with Gasteiger partial charge in [-0.15, -0.1) is 5.10 Å². The smallest absolute Gasteiger partial charge is 0.253 e. The van der Waals surface area contributed by atoms with Crippen molar-refractivity contribution in [1.29, 1.82) is 0 Å². The Balaban J connectivity index is 1.64. The lowest BCUT2D eigenvalue weighted by Crippen LogP contribution is -2.40. The largest absolute Gasteiger partial charge is 0.321 e. The number of tetrazole rings is 1. The molecule has 2 aromatic heterocycles. The minimum atomic E-state index is -0.221. The first-order valence-electron chi connectivity index (χ1n) is 11.3. The summed E-state index contributed by atoms with van der Waals surface area (Å²) in [6.45, 7) is 6.24. The van der Waals surface area contributed by atoms with Crippen LogP contribution in [0.2, 0.25) is 0 Å². The second-order valence-electron chi connectivity index (χ2n) is 9.13. The minimum Gasteiger partial charge on any atom is -0.321 e. The highest BCUT2D eigenvalue weighted by Crippen LogP contribution is 2.35. The summed E-state index contributed by atoms with van der Waals surface area (Å²) in [6, 6.07) is 8.31. The molecule has 7 nitrogen and oxygen atoms in total. The van der Waals surface area contributed by atoms with Crippen LogP contribution < -0.4 is 5.56 Å². The number of benzene rings is 1. The number of aromatic nitrogens is 5. The van der Waals surface area contributed by atoms with Gasteiger partial charge < -0.3 is 4.98 Å². The standard InChI is InChI=1S/C23H30N6O/c1-15-10-12-28(13-11-15)21(22-25-26-27-29(22)18-8-3-4-9-18)19-14-17-7-5-6-16(2)20(17)24-23(19)30/h5-7,14-15,18,21H,3-4,8-13H2,1-2H3,(H,24,30)/t21-/m0/s1. The van der Waals surface area contributed by atoms with Crippen LogP contribution in [0.4, 0.5) is 0 Å². The van der Waals surface area contributed by atoms with E-state index in [0.717, 1.165) is 66.6 Å². The molecule has 5 rings (SSSR count). The Bertz CT molecular complexity index is 1090. The SMILES string of the molecule is Cc1cccc2cc([C@@H](c3nnnn3C3CCCC3)N3CCC(C)CC3)c(=O)[nH]c12. The van der Waals surface area contributed by atoms with Crippen molar-refractivity contribution in [3.8, 4) is 0 Å². The van der Waals surface area contributed by atoms with Gasteiger partial charge >= 0.3 is 0 Å². The number of fused-ring (bicyclic) bond motifs is 1. The van der Waals surface area contributed by atoms with Crippen molar-refractivity contribution in [2.75, 3.05) is 13.1 Å². The van der Waals surface area contributed by atoms with Crippen LogP contribution in [0.1, 0.15) is 74.5 Å². The molecule has 1 atom stereocenters. The lowest BCUT2D eigenvalue weighted by Gasteiger charge is -2.36. The van der Waals surface area contributed by atoms with Gasteiger partial charge in [-0.05, 0) is 79.1 Å². The molecule has 1 aliphatic carbocycles. The molecule has 0 bridgehead atoms. The molecule has 1 N–H and O–H groups in total. The lowest BCUT2D eigenvalue weighted by atomic mass is 9.95. The number of likely N-dealkylation sites (tertiary alicyclic amines) is 1. The van der Waals surface area contributed by atoms with E-state index in [-0.39, 0.29) is 11.6 Å². The van der Waals surface area contributed by atoms with Crippen molar-refractivity contribution in [2.45, 2.75) is 64.5 Å². The number of hydrogen-bond acceptors (Lipinski definition) is 5. The fraction of sp³-hybridized carbons (Fsp3) is 0.565. The first-order chi connectivity index (χ1) is 14.6. The number of hydrogen-bond donors (Lipinski definition) is 1. The van der Waals surface area contributed by atoms with Crippen LogP contribution >= 0.6 is 0 Å². The molecule has 30 heavy (non-hydrogen) atoms. The molecule has 158 valence electrons. The third-order valence-corrected chi connectivity index (χ3v) is 7.03. The van der Waals surface area contributed by atoms with Crippen molar-refractivity contribution in [2.24, 2.45) is 5.92 Å². The molecule has 1 saturated carbocycles. The lowest BCUT2D eigenvalue weighted by molar-refractivity contribution is 0.147.